The number of nitrogens with zero attached hydrogens (tertiary/aromatic N) is 3. The van der Waals surface area contributed by atoms with Crippen molar-refractivity contribution in [3.8, 4) is 6.01 Å². The minimum Gasteiger partial charge on any atom is -0.457 e. The molecule has 1 heterocycles. The first-order valence-electron chi connectivity index (χ1n) is 7.03. The van der Waals surface area contributed by atoms with Crippen molar-refractivity contribution in [2.75, 3.05) is 11.9 Å². The fourth-order valence-electron chi connectivity index (χ4n) is 1.71. The minimum absolute atomic E-state index is 0.0379. The van der Waals surface area contributed by atoms with Crippen LogP contribution in [0.1, 0.15) is 17.6 Å². The molecule has 0 spiro atoms. The third-order valence-electron chi connectivity index (χ3n) is 2.99. The fourth-order valence-corrected chi connectivity index (χ4v) is 1.71. The van der Waals surface area contributed by atoms with Gasteiger partial charge in [0.1, 0.15) is 12.3 Å². The predicted octanol–water partition coefficient (Wildman–Crippen LogP) is 4.80. The molecule has 0 saturated carbocycles. The lowest BCUT2D eigenvalue weighted by Crippen LogP contribution is -2.08. The quantitative estimate of drug-likeness (QED) is 0.540. The van der Waals surface area contributed by atoms with Gasteiger partial charge in [-0.1, -0.05) is 12.1 Å². The van der Waals surface area contributed by atoms with Crippen LogP contribution in [0.2, 0.25) is 0 Å². The third kappa shape index (κ3) is 5.46. The number of hydrogen-bond acceptors (Lipinski definition) is 6. The molecule has 0 aliphatic carbocycles. The van der Waals surface area contributed by atoms with Crippen molar-refractivity contribution < 1.29 is 26.7 Å². The van der Waals surface area contributed by atoms with E-state index >= 15 is 0 Å². The first-order chi connectivity index (χ1) is 12.3. The largest absolute Gasteiger partial charge is 0.457 e. The van der Waals surface area contributed by atoms with Gasteiger partial charge in [-0.3, -0.25) is 0 Å². The molecule has 1 aromatic heterocycles. The van der Waals surface area contributed by atoms with Crippen LogP contribution in [0.3, 0.4) is 0 Å². The zero-order valence-corrected chi connectivity index (χ0v) is 13.0. The van der Waals surface area contributed by atoms with Crippen LogP contribution in [0.4, 0.5) is 27.6 Å². The SMILES string of the molecule is N=N/C(=C\Nc1cccc(C(F)F)c1)COc1ncc(C(F)(F)F)cn1. The van der Waals surface area contributed by atoms with Crippen LogP contribution >= 0.6 is 0 Å². The molecule has 2 aromatic rings. The summed E-state index contributed by atoms with van der Waals surface area (Å²) >= 11 is 0. The molecule has 2 N–H and O–H groups in total. The van der Waals surface area contributed by atoms with Gasteiger partial charge in [0.2, 0.25) is 0 Å². The van der Waals surface area contributed by atoms with Gasteiger partial charge in [-0.15, -0.1) is 0 Å². The summed E-state index contributed by atoms with van der Waals surface area (Å²) in [4.78, 5) is 6.83. The number of rotatable bonds is 7. The molecular formula is C15H12F5N5O. The zero-order chi connectivity index (χ0) is 19.2. The summed E-state index contributed by atoms with van der Waals surface area (Å²) in [6.45, 7) is -0.309. The van der Waals surface area contributed by atoms with Crippen LogP contribution in [0.25, 0.3) is 0 Å². The highest BCUT2D eigenvalue weighted by Gasteiger charge is 2.31. The Kier molecular flexibility index (Phi) is 6.15. The first-order valence-corrected chi connectivity index (χ1v) is 7.03. The molecule has 0 aliphatic heterocycles. The Morgan fingerprint density at radius 1 is 1.27 bits per heavy atom. The second-order valence-corrected chi connectivity index (χ2v) is 4.86. The van der Waals surface area contributed by atoms with E-state index in [4.69, 9.17) is 10.3 Å². The summed E-state index contributed by atoms with van der Waals surface area (Å²) in [6.07, 6.45) is -4.81. The van der Waals surface area contributed by atoms with Crippen molar-refractivity contribution in [2.24, 2.45) is 5.11 Å². The van der Waals surface area contributed by atoms with Crippen molar-refractivity contribution in [3.05, 3.63) is 59.7 Å². The van der Waals surface area contributed by atoms with E-state index in [1.807, 2.05) is 0 Å². The molecule has 1 aromatic carbocycles. The van der Waals surface area contributed by atoms with Crippen LogP contribution in [0.15, 0.2) is 53.7 Å². The van der Waals surface area contributed by atoms with Crippen molar-refractivity contribution in [2.45, 2.75) is 12.6 Å². The van der Waals surface area contributed by atoms with E-state index in [2.05, 4.69) is 20.4 Å². The highest BCUT2D eigenvalue weighted by Crippen LogP contribution is 2.28. The summed E-state index contributed by atoms with van der Waals surface area (Å²) in [5.41, 5.74) is 6.23. The molecule has 138 valence electrons. The lowest BCUT2D eigenvalue weighted by molar-refractivity contribution is -0.138. The van der Waals surface area contributed by atoms with E-state index in [1.54, 1.807) is 0 Å². The average molecular weight is 373 g/mol. The molecule has 0 saturated heterocycles. The summed E-state index contributed by atoms with van der Waals surface area (Å²) in [5, 5.41) is 5.85. The van der Waals surface area contributed by atoms with Gasteiger partial charge in [0.15, 0.2) is 0 Å². The Bertz CT molecular complexity index is 777. The van der Waals surface area contributed by atoms with Gasteiger partial charge >= 0.3 is 12.2 Å². The second kappa shape index (κ2) is 8.32. The Hall–Kier alpha value is -3.11. The van der Waals surface area contributed by atoms with Crippen molar-refractivity contribution >= 4 is 5.69 Å². The topological polar surface area (TPSA) is 83.2 Å². The Morgan fingerprint density at radius 2 is 1.96 bits per heavy atom. The molecule has 11 heteroatoms. The van der Waals surface area contributed by atoms with E-state index in [9.17, 15) is 22.0 Å². The van der Waals surface area contributed by atoms with E-state index in [-0.39, 0.29) is 23.9 Å². The summed E-state index contributed by atoms with van der Waals surface area (Å²) in [6, 6.07) is 5.13. The molecule has 0 aliphatic rings. The fraction of sp³-hybridized carbons (Fsp3) is 0.200. The molecule has 0 fully saturated rings. The smallest absolute Gasteiger partial charge is 0.419 e. The van der Waals surface area contributed by atoms with Crippen LogP contribution in [0.5, 0.6) is 6.01 Å². The molecule has 2 rings (SSSR count). The Balaban J connectivity index is 1.97. The molecule has 0 unspecified atom stereocenters. The Morgan fingerprint density at radius 3 is 2.54 bits per heavy atom. The van der Waals surface area contributed by atoms with Gasteiger partial charge in [0.25, 0.3) is 6.43 Å². The number of benzene rings is 1. The number of nitrogens with one attached hydrogen (secondary N) is 2. The number of ether oxygens (including phenoxy) is 1. The Labute approximate surface area is 144 Å². The lowest BCUT2D eigenvalue weighted by atomic mass is 10.2. The van der Waals surface area contributed by atoms with Crippen LogP contribution in [0, 0.1) is 5.53 Å². The molecule has 0 bridgehead atoms. The zero-order valence-electron chi connectivity index (χ0n) is 13.0. The minimum atomic E-state index is -4.56. The molecule has 26 heavy (non-hydrogen) atoms. The molecule has 0 amide bonds. The predicted molar refractivity (Wildman–Crippen MR) is 80.8 cm³/mol. The van der Waals surface area contributed by atoms with Crippen LogP contribution < -0.4 is 10.1 Å². The van der Waals surface area contributed by atoms with Crippen molar-refractivity contribution in [1.82, 2.24) is 9.97 Å². The molecule has 0 radical (unpaired) electrons. The molecule has 6 nitrogen and oxygen atoms in total. The maximum absolute atomic E-state index is 12.6. The van der Waals surface area contributed by atoms with Gasteiger partial charge in [0.05, 0.1) is 5.56 Å². The summed E-state index contributed by atoms with van der Waals surface area (Å²) in [7, 11) is 0. The maximum Gasteiger partial charge on any atom is 0.419 e. The number of halogens is 5. The highest BCUT2D eigenvalue weighted by molar-refractivity contribution is 5.48. The summed E-state index contributed by atoms with van der Waals surface area (Å²) in [5.74, 6) is 0. The summed E-state index contributed by atoms with van der Waals surface area (Å²) < 4.78 is 67.5. The van der Waals surface area contributed by atoms with E-state index in [0.717, 1.165) is 0 Å². The van der Waals surface area contributed by atoms with Gasteiger partial charge in [-0.05, 0) is 12.1 Å². The highest BCUT2D eigenvalue weighted by atomic mass is 19.4. The second-order valence-electron chi connectivity index (χ2n) is 4.86. The van der Waals surface area contributed by atoms with Crippen molar-refractivity contribution in [1.29, 1.82) is 5.53 Å². The van der Waals surface area contributed by atoms with Crippen LogP contribution in [-0.4, -0.2) is 16.6 Å². The van der Waals surface area contributed by atoms with E-state index in [0.29, 0.717) is 18.1 Å². The van der Waals surface area contributed by atoms with Crippen LogP contribution in [-0.2, 0) is 6.18 Å². The standard InChI is InChI=1S/C15H12F5N5O/c16-13(17)9-2-1-3-11(4-9)22-7-12(25-21)8-26-14-23-5-10(6-24-14)15(18,19)20/h1-7,13,21-22H,8H2/b12-7-,25-21?. The monoisotopic (exact) mass is 373 g/mol. The maximum atomic E-state index is 12.6. The normalized spacial score (nSPS) is 12.2. The van der Waals surface area contributed by atoms with E-state index < -0.39 is 18.2 Å². The molecular weight excluding hydrogens is 361 g/mol. The van der Waals surface area contributed by atoms with Gasteiger partial charge in [0, 0.05) is 29.8 Å². The van der Waals surface area contributed by atoms with Gasteiger partial charge in [-0.2, -0.15) is 18.3 Å². The van der Waals surface area contributed by atoms with Crippen molar-refractivity contribution in [3.63, 3.8) is 0 Å². The van der Waals surface area contributed by atoms with Gasteiger partial charge in [-0.25, -0.2) is 24.3 Å². The number of hydrogen-bond donors (Lipinski definition) is 2. The first kappa shape index (κ1) is 19.2. The van der Waals surface area contributed by atoms with Gasteiger partial charge < -0.3 is 10.1 Å². The average Bonchev–Trinajstić information content (AvgIpc) is 2.61. The third-order valence-corrected chi connectivity index (χ3v) is 2.99. The number of anilines is 1. The molecule has 0 atom stereocenters. The van der Waals surface area contributed by atoms with E-state index in [1.165, 1.54) is 30.5 Å². The number of alkyl halides is 5. The number of aromatic nitrogens is 2. The lowest BCUT2D eigenvalue weighted by Gasteiger charge is -2.08.